The van der Waals surface area contributed by atoms with E-state index in [1.807, 2.05) is 13.0 Å². The van der Waals surface area contributed by atoms with Gasteiger partial charge in [-0.15, -0.1) is 0 Å². The third-order valence-electron chi connectivity index (χ3n) is 2.88. The summed E-state index contributed by atoms with van der Waals surface area (Å²) in [7, 11) is 0. The molecule has 118 valence electrons. The van der Waals surface area contributed by atoms with E-state index in [0.717, 1.165) is 4.47 Å². The Kier molecular flexibility index (Phi) is 5.63. The number of ether oxygens (including phenoxy) is 1. The van der Waals surface area contributed by atoms with Gasteiger partial charge in [0, 0.05) is 11.0 Å². The molecule has 7 heteroatoms. The number of carbonyl (C=O) groups is 1. The van der Waals surface area contributed by atoms with Gasteiger partial charge in [0.05, 0.1) is 22.8 Å². The first-order chi connectivity index (χ1) is 10.4. The average Bonchev–Trinajstić information content (AvgIpc) is 2.45. The lowest BCUT2D eigenvalue weighted by Gasteiger charge is -2.12. The minimum absolute atomic E-state index is 0.103. The number of thioether (sulfide) groups is 1. The highest BCUT2D eigenvalue weighted by atomic mass is 79.9. The lowest BCUT2D eigenvalue weighted by atomic mass is 10.2. The largest absolute Gasteiger partial charge is 0.462 e. The summed E-state index contributed by atoms with van der Waals surface area (Å²) < 4.78 is 7.50. The molecule has 0 atom stereocenters. The molecule has 0 aliphatic carbocycles. The van der Waals surface area contributed by atoms with Gasteiger partial charge in [0.1, 0.15) is 0 Å². The Bertz CT molecular complexity index is 758. The number of fused-ring (bicyclic) bond motifs is 1. The molecule has 1 aromatic heterocycles. The zero-order chi connectivity index (χ0) is 16.3. The number of benzene rings is 1. The highest BCUT2D eigenvalue weighted by Gasteiger charge is 2.13. The van der Waals surface area contributed by atoms with Gasteiger partial charge >= 0.3 is 5.97 Å². The van der Waals surface area contributed by atoms with Gasteiger partial charge in [-0.25, -0.2) is 4.98 Å². The van der Waals surface area contributed by atoms with Crippen LogP contribution < -0.4 is 5.56 Å². The maximum absolute atomic E-state index is 12.5. The monoisotopic (exact) mass is 384 g/mol. The van der Waals surface area contributed by atoms with Gasteiger partial charge in [0.25, 0.3) is 5.56 Å². The van der Waals surface area contributed by atoms with Crippen molar-refractivity contribution in [1.82, 2.24) is 9.55 Å². The van der Waals surface area contributed by atoms with Crippen molar-refractivity contribution in [3.8, 4) is 0 Å². The lowest BCUT2D eigenvalue weighted by Crippen LogP contribution is -2.23. The van der Waals surface area contributed by atoms with Crippen molar-refractivity contribution < 1.29 is 9.53 Å². The van der Waals surface area contributed by atoms with Crippen molar-refractivity contribution in [2.24, 2.45) is 0 Å². The van der Waals surface area contributed by atoms with Crippen LogP contribution in [0.2, 0.25) is 0 Å². The Labute approximate surface area is 141 Å². The third kappa shape index (κ3) is 3.89. The first-order valence-corrected chi connectivity index (χ1v) is 8.72. The maximum Gasteiger partial charge on any atom is 0.316 e. The smallest absolute Gasteiger partial charge is 0.316 e. The van der Waals surface area contributed by atoms with Crippen molar-refractivity contribution in [3.63, 3.8) is 0 Å². The van der Waals surface area contributed by atoms with E-state index < -0.39 is 0 Å². The van der Waals surface area contributed by atoms with Gasteiger partial charge in [-0.05, 0) is 39.0 Å². The van der Waals surface area contributed by atoms with Crippen LogP contribution in [0.3, 0.4) is 0 Å². The standard InChI is InChI=1S/C15H17BrN2O3S/c1-4-18-14(20)11-7-10(16)5-6-12(11)17-15(18)22-8-13(19)21-9(2)3/h5-7,9H,4,8H2,1-3H3. The van der Waals surface area contributed by atoms with Crippen LogP contribution in [0.15, 0.2) is 32.6 Å². The normalized spacial score (nSPS) is 11.1. The fraction of sp³-hybridized carbons (Fsp3) is 0.400. The number of aromatic nitrogens is 2. The first kappa shape index (κ1) is 17.0. The average molecular weight is 385 g/mol. The minimum Gasteiger partial charge on any atom is -0.462 e. The van der Waals surface area contributed by atoms with E-state index in [1.54, 1.807) is 30.5 Å². The Morgan fingerprint density at radius 2 is 2.18 bits per heavy atom. The van der Waals surface area contributed by atoms with Gasteiger partial charge in [-0.3, -0.25) is 14.2 Å². The van der Waals surface area contributed by atoms with Crippen LogP contribution >= 0.6 is 27.7 Å². The quantitative estimate of drug-likeness (QED) is 0.449. The second-order valence-corrected chi connectivity index (χ2v) is 6.79. The molecule has 0 fully saturated rings. The van der Waals surface area contributed by atoms with Crippen LogP contribution in [-0.2, 0) is 16.1 Å². The molecule has 0 bridgehead atoms. The molecule has 0 aliphatic heterocycles. The van der Waals surface area contributed by atoms with Crippen molar-refractivity contribution in [2.45, 2.75) is 38.6 Å². The number of esters is 1. The molecule has 0 unspecified atom stereocenters. The zero-order valence-electron chi connectivity index (χ0n) is 12.6. The third-order valence-corrected chi connectivity index (χ3v) is 4.33. The molecule has 2 aromatic rings. The van der Waals surface area contributed by atoms with Crippen LogP contribution in [0.1, 0.15) is 20.8 Å². The Morgan fingerprint density at radius 3 is 2.82 bits per heavy atom. The van der Waals surface area contributed by atoms with E-state index in [2.05, 4.69) is 20.9 Å². The van der Waals surface area contributed by atoms with Crippen LogP contribution in [-0.4, -0.2) is 27.4 Å². The first-order valence-electron chi connectivity index (χ1n) is 6.94. The van der Waals surface area contributed by atoms with E-state index in [9.17, 15) is 9.59 Å². The molecule has 2 rings (SSSR count). The lowest BCUT2D eigenvalue weighted by molar-refractivity contribution is -0.144. The van der Waals surface area contributed by atoms with Crippen LogP contribution in [0, 0.1) is 0 Å². The molecule has 0 N–H and O–H groups in total. The molecule has 0 saturated heterocycles. The molecule has 22 heavy (non-hydrogen) atoms. The predicted octanol–water partition coefficient (Wildman–Crippen LogP) is 3.22. The summed E-state index contributed by atoms with van der Waals surface area (Å²) in [5.41, 5.74) is 0.520. The van der Waals surface area contributed by atoms with Crippen LogP contribution in [0.5, 0.6) is 0 Å². The minimum atomic E-state index is -0.312. The van der Waals surface area contributed by atoms with Crippen molar-refractivity contribution >= 4 is 44.6 Å². The topological polar surface area (TPSA) is 61.2 Å². The van der Waals surface area contributed by atoms with E-state index in [1.165, 1.54) is 11.8 Å². The number of rotatable bonds is 5. The van der Waals surface area contributed by atoms with E-state index in [-0.39, 0.29) is 23.4 Å². The van der Waals surface area contributed by atoms with Crippen LogP contribution in [0.25, 0.3) is 10.9 Å². The van der Waals surface area contributed by atoms with Crippen LogP contribution in [0.4, 0.5) is 0 Å². The van der Waals surface area contributed by atoms with Gasteiger partial charge in [0.2, 0.25) is 0 Å². The number of hydrogen-bond acceptors (Lipinski definition) is 5. The van der Waals surface area contributed by atoms with E-state index >= 15 is 0 Å². The molecule has 0 aliphatic rings. The number of nitrogens with zero attached hydrogens (tertiary/aromatic N) is 2. The van der Waals surface area contributed by atoms with Crippen molar-refractivity contribution in [3.05, 3.63) is 33.0 Å². The fourth-order valence-corrected chi connectivity index (χ4v) is 3.19. The summed E-state index contributed by atoms with van der Waals surface area (Å²) in [6, 6.07) is 5.39. The molecule has 0 amide bonds. The highest BCUT2D eigenvalue weighted by Crippen LogP contribution is 2.20. The maximum atomic E-state index is 12.5. The Balaban J connectivity index is 2.35. The predicted molar refractivity (Wildman–Crippen MR) is 91.3 cm³/mol. The molecular weight excluding hydrogens is 368 g/mol. The van der Waals surface area contributed by atoms with E-state index in [4.69, 9.17) is 4.74 Å². The molecular formula is C15H17BrN2O3S. The Morgan fingerprint density at radius 1 is 1.45 bits per heavy atom. The molecule has 0 spiro atoms. The van der Waals surface area contributed by atoms with Gasteiger partial charge < -0.3 is 4.74 Å². The molecule has 1 aromatic carbocycles. The second-order valence-electron chi connectivity index (χ2n) is 4.93. The number of hydrogen-bond donors (Lipinski definition) is 0. The summed E-state index contributed by atoms with van der Waals surface area (Å²) in [6.07, 6.45) is -0.150. The SMILES string of the molecule is CCn1c(SCC(=O)OC(C)C)nc2ccc(Br)cc2c1=O. The molecule has 1 heterocycles. The number of carbonyl (C=O) groups excluding carboxylic acids is 1. The van der Waals surface area contributed by atoms with Gasteiger partial charge in [0.15, 0.2) is 5.16 Å². The molecule has 5 nitrogen and oxygen atoms in total. The Hall–Kier alpha value is -1.34. The van der Waals surface area contributed by atoms with Crippen molar-refractivity contribution in [1.29, 1.82) is 0 Å². The zero-order valence-corrected chi connectivity index (χ0v) is 15.0. The number of halogens is 1. The second kappa shape index (κ2) is 7.28. The summed E-state index contributed by atoms with van der Waals surface area (Å²) in [5.74, 6) is -0.181. The fourth-order valence-electron chi connectivity index (χ4n) is 1.98. The highest BCUT2D eigenvalue weighted by molar-refractivity contribution is 9.10. The van der Waals surface area contributed by atoms with Gasteiger partial charge in [-0.1, -0.05) is 27.7 Å². The molecule has 0 saturated carbocycles. The summed E-state index contributed by atoms with van der Waals surface area (Å²) in [5, 5.41) is 1.09. The summed E-state index contributed by atoms with van der Waals surface area (Å²) in [6.45, 7) is 5.98. The summed E-state index contributed by atoms with van der Waals surface area (Å²) >= 11 is 4.58. The van der Waals surface area contributed by atoms with Crippen molar-refractivity contribution in [2.75, 3.05) is 5.75 Å². The summed E-state index contributed by atoms with van der Waals surface area (Å²) in [4.78, 5) is 28.7. The van der Waals surface area contributed by atoms with Gasteiger partial charge in [-0.2, -0.15) is 0 Å². The van der Waals surface area contributed by atoms with E-state index in [0.29, 0.717) is 22.6 Å². The molecule has 0 radical (unpaired) electrons.